The van der Waals surface area contributed by atoms with E-state index in [1.807, 2.05) is 0 Å². The Bertz CT molecular complexity index is 3520. The Balaban J connectivity index is 1.29. The molecule has 0 aliphatic rings. The summed E-state index contributed by atoms with van der Waals surface area (Å²) in [6.07, 6.45) is 0. The van der Waals surface area contributed by atoms with E-state index in [-0.39, 0.29) is 0 Å². The summed E-state index contributed by atoms with van der Waals surface area (Å²) < 4.78 is 4.97. The molecular formula is C66H44N2. The first-order valence-corrected chi connectivity index (χ1v) is 23.4. The average molecular weight is 865 g/mol. The van der Waals surface area contributed by atoms with Crippen molar-refractivity contribution in [2.24, 2.45) is 0 Å². The van der Waals surface area contributed by atoms with E-state index in [1.54, 1.807) is 0 Å². The molecule has 0 aliphatic heterocycles. The summed E-state index contributed by atoms with van der Waals surface area (Å²) in [5, 5.41) is 4.93. The number of benzene rings is 11. The topological polar surface area (TPSA) is 9.86 Å². The van der Waals surface area contributed by atoms with E-state index in [4.69, 9.17) is 0 Å². The number of fused-ring (bicyclic) bond motifs is 6. The second-order valence-corrected chi connectivity index (χ2v) is 17.5. The molecule has 2 nitrogen and oxygen atoms in total. The molecule has 0 atom stereocenters. The molecule has 2 heteroatoms. The normalized spacial score (nSPS) is 11.5. The Morgan fingerprint density at radius 1 is 0.176 bits per heavy atom. The lowest BCUT2D eigenvalue weighted by Crippen LogP contribution is -2.06. The van der Waals surface area contributed by atoms with Crippen LogP contribution in [0.1, 0.15) is 0 Å². The smallest absolute Gasteiger partial charge is 0.0541 e. The van der Waals surface area contributed by atoms with Crippen molar-refractivity contribution in [2.75, 3.05) is 0 Å². The van der Waals surface area contributed by atoms with Gasteiger partial charge in [0.15, 0.2) is 0 Å². The number of hydrogen-bond donors (Lipinski definition) is 0. The standard InChI is InChI=1S/C66H44N2/c1-5-25-45(26-6-1)61-62(46-27-7-2-8-28-46)66(54-38-18-24-44-60(54)68-57-41-21-15-35-51(57)52-36-16-22-42-58(52)68)64(48-31-11-4-12-32-48)63(47-29-9-3-10-30-47)65(61)53-37-17-23-43-59(53)67-55-39-19-13-33-49(55)50-34-14-20-40-56(50)67/h1-44H. The van der Waals surface area contributed by atoms with Crippen molar-refractivity contribution in [3.05, 3.63) is 267 Å². The third kappa shape index (κ3) is 6.26. The zero-order valence-electron chi connectivity index (χ0n) is 37.3. The van der Waals surface area contributed by atoms with Gasteiger partial charge in [-0.2, -0.15) is 0 Å². The summed E-state index contributed by atoms with van der Waals surface area (Å²) >= 11 is 0. The molecule has 2 aromatic heterocycles. The van der Waals surface area contributed by atoms with Crippen LogP contribution >= 0.6 is 0 Å². The van der Waals surface area contributed by atoms with Crippen LogP contribution in [0.25, 0.3) is 122 Å². The number of hydrogen-bond acceptors (Lipinski definition) is 0. The summed E-state index contributed by atoms with van der Waals surface area (Å²) in [5.41, 5.74) is 20.9. The van der Waals surface area contributed by atoms with E-state index in [9.17, 15) is 0 Å². The monoisotopic (exact) mass is 864 g/mol. The highest BCUT2D eigenvalue weighted by Crippen LogP contribution is 2.57. The molecule has 2 heterocycles. The molecule has 13 rings (SSSR count). The maximum Gasteiger partial charge on any atom is 0.0541 e. The van der Waals surface area contributed by atoms with Gasteiger partial charge in [-0.1, -0.05) is 231 Å². The Morgan fingerprint density at radius 3 is 0.676 bits per heavy atom. The SMILES string of the molecule is c1ccc(-c2c(-c3ccccc3)c(-c3ccccc3-n3c4ccccc4c4ccccc43)c(-c3ccccc3)c(-c3ccccc3)c2-c2ccccc2-n2c3ccccc3c3ccccc32)cc1. The fourth-order valence-electron chi connectivity index (χ4n) is 11.0. The molecule has 0 bridgehead atoms. The first-order valence-electron chi connectivity index (χ1n) is 23.4. The highest BCUT2D eigenvalue weighted by atomic mass is 15.0. The van der Waals surface area contributed by atoms with E-state index in [0.717, 1.165) is 44.8 Å². The van der Waals surface area contributed by atoms with Gasteiger partial charge in [-0.05, 0) is 80.9 Å². The van der Waals surface area contributed by atoms with Crippen LogP contribution in [0.4, 0.5) is 0 Å². The molecule has 318 valence electrons. The maximum atomic E-state index is 2.49. The Hall–Kier alpha value is -8.98. The summed E-state index contributed by atoms with van der Waals surface area (Å²) in [6.45, 7) is 0. The molecule has 0 fully saturated rings. The number of para-hydroxylation sites is 6. The van der Waals surface area contributed by atoms with Crippen LogP contribution in [0.15, 0.2) is 267 Å². The molecule has 0 aliphatic carbocycles. The van der Waals surface area contributed by atoms with Crippen LogP contribution in [0, 0.1) is 0 Å². The number of nitrogens with zero attached hydrogens (tertiary/aromatic N) is 2. The lowest BCUT2D eigenvalue weighted by molar-refractivity contribution is 1.18. The summed E-state index contributed by atoms with van der Waals surface area (Å²) in [4.78, 5) is 0. The minimum Gasteiger partial charge on any atom is -0.309 e. The highest BCUT2D eigenvalue weighted by Gasteiger charge is 2.32. The van der Waals surface area contributed by atoms with Crippen LogP contribution in [-0.2, 0) is 0 Å². The van der Waals surface area contributed by atoms with Gasteiger partial charge in [0.2, 0.25) is 0 Å². The van der Waals surface area contributed by atoms with Crippen molar-refractivity contribution in [2.45, 2.75) is 0 Å². The lowest BCUT2D eigenvalue weighted by Gasteiger charge is -2.30. The van der Waals surface area contributed by atoms with E-state index in [1.165, 1.54) is 77.0 Å². The minimum atomic E-state index is 1.12. The Morgan fingerprint density at radius 2 is 0.397 bits per heavy atom. The van der Waals surface area contributed by atoms with Gasteiger partial charge < -0.3 is 9.13 Å². The van der Waals surface area contributed by atoms with Gasteiger partial charge in [0.05, 0.1) is 33.4 Å². The third-order valence-electron chi connectivity index (χ3n) is 13.7. The predicted molar refractivity (Wildman–Crippen MR) is 288 cm³/mol. The molecular weight excluding hydrogens is 821 g/mol. The maximum absolute atomic E-state index is 2.49. The second kappa shape index (κ2) is 16.5. The van der Waals surface area contributed by atoms with Crippen LogP contribution in [-0.4, -0.2) is 9.13 Å². The van der Waals surface area contributed by atoms with Gasteiger partial charge in [0, 0.05) is 43.8 Å². The van der Waals surface area contributed by atoms with E-state index < -0.39 is 0 Å². The minimum absolute atomic E-state index is 1.12. The Labute approximate surface area is 395 Å². The van der Waals surface area contributed by atoms with E-state index in [2.05, 4.69) is 276 Å². The molecule has 68 heavy (non-hydrogen) atoms. The van der Waals surface area contributed by atoms with Gasteiger partial charge >= 0.3 is 0 Å². The van der Waals surface area contributed by atoms with Crippen molar-refractivity contribution in [1.82, 2.24) is 9.13 Å². The molecule has 0 radical (unpaired) electrons. The Kier molecular flexibility index (Phi) is 9.54. The third-order valence-corrected chi connectivity index (χ3v) is 13.7. The fraction of sp³-hybridized carbons (Fsp3) is 0. The molecule has 0 N–H and O–H groups in total. The van der Waals surface area contributed by atoms with Crippen molar-refractivity contribution in [1.29, 1.82) is 0 Å². The van der Waals surface area contributed by atoms with E-state index >= 15 is 0 Å². The summed E-state index contributed by atoms with van der Waals surface area (Å²) in [5.74, 6) is 0. The van der Waals surface area contributed by atoms with Crippen LogP contribution in [0.3, 0.4) is 0 Å². The molecule has 11 aromatic carbocycles. The zero-order chi connectivity index (χ0) is 45.0. The second-order valence-electron chi connectivity index (χ2n) is 17.5. The largest absolute Gasteiger partial charge is 0.309 e. The van der Waals surface area contributed by atoms with Crippen LogP contribution in [0.5, 0.6) is 0 Å². The van der Waals surface area contributed by atoms with Gasteiger partial charge in [-0.25, -0.2) is 0 Å². The molecule has 0 unspecified atom stereocenters. The fourth-order valence-corrected chi connectivity index (χ4v) is 11.0. The van der Waals surface area contributed by atoms with Gasteiger partial charge in [-0.3, -0.25) is 0 Å². The molecule has 0 saturated carbocycles. The molecule has 0 saturated heterocycles. The van der Waals surface area contributed by atoms with Crippen molar-refractivity contribution in [3.63, 3.8) is 0 Å². The van der Waals surface area contributed by atoms with Crippen molar-refractivity contribution in [3.8, 4) is 78.1 Å². The predicted octanol–water partition coefficient (Wildman–Crippen LogP) is 17.9. The lowest BCUT2D eigenvalue weighted by atomic mass is 9.73. The molecule has 0 spiro atoms. The van der Waals surface area contributed by atoms with Crippen LogP contribution < -0.4 is 0 Å². The molecule has 13 aromatic rings. The zero-order valence-corrected chi connectivity index (χ0v) is 37.3. The summed E-state index contributed by atoms with van der Waals surface area (Å²) in [6, 6.07) is 97.9. The number of rotatable bonds is 8. The summed E-state index contributed by atoms with van der Waals surface area (Å²) in [7, 11) is 0. The average Bonchev–Trinajstić information content (AvgIpc) is 3.94. The van der Waals surface area contributed by atoms with E-state index in [0.29, 0.717) is 0 Å². The molecule has 0 amide bonds. The highest BCUT2D eigenvalue weighted by molar-refractivity contribution is 6.18. The van der Waals surface area contributed by atoms with Gasteiger partial charge in [0.1, 0.15) is 0 Å². The van der Waals surface area contributed by atoms with Crippen molar-refractivity contribution < 1.29 is 0 Å². The quantitative estimate of drug-likeness (QED) is 0.144. The van der Waals surface area contributed by atoms with Crippen LogP contribution in [0.2, 0.25) is 0 Å². The van der Waals surface area contributed by atoms with Gasteiger partial charge in [-0.15, -0.1) is 0 Å². The van der Waals surface area contributed by atoms with Gasteiger partial charge in [0.25, 0.3) is 0 Å². The number of aromatic nitrogens is 2. The van der Waals surface area contributed by atoms with Crippen molar-refractivity contribution >= 4 is 43.6 Å². The first kappa shape index (κ1) is 39.4. The first-order chi connectivity index (χ1) is 33.8.